The van der Waals surface area contributed by atoms with Crippen LogP contribution in [0.3, 0.4) is 0 Å². The number of nitrogens with two attached hydrogens (primary N) is 1. The van der Waals surface area contributed by atoms with Crippen LogP contribution >= 0.6 is 0 Å². The summed E-state index contributed by atoms with van der Waals surface area (Å²) in [6.45, 7) is 0.525. The van der Waals surface area contributed by atoms with E-state index in [9.17, 15) is 4.79 Å². The van der Waals surface area contributed by atoms with E-state index in [0.717, 1.165) is 12.0 Å². The van der Waals surface area contributed by atoms with E-state index in [2.05, 4.69) is 34.6 Å². The smallest absolute Gasteiger partial charge is 0.273 e. The summed E-state index contributed by atoms with van der Waals surface area (Å²) >= 11 is 0. The number of nitrogens with one attached hydrogen (secondary N) is 1. The first-order chi connectivity index (χ1) is 14.7. The molecule has 150 valence electrons. The molecule has 0 radical (unpaired) electrons. The van der Waals surface area contributed by atoms with Gasteiger partial charge >= 0.3 is 0 Å². The lowest BCUT2D eigenvalue weighted by Gasteiger charge is -2.18. The summed E-state index contributed by atoms with van der Waals surface area (Å²) in [6, 6.07) is 27.8. The van der Waals surface area contributed by atoms with Crippen LogP contribution in [-0.2, 0) is 0 Å². The molecule has 1 amide bonds. The van der Waals surface area contributed by atoms with E-state index in [4.69, 9.17) is 10.2 Å². The number of carbonyl (C=O) groups is 1. The first-order valence-corrected chi connectivity index (χ1v) is 9.90. The Bertz CT molecular complexity index is 1050. The number of nitrogens with zero attached hydrogens (tertiary/aromatic N) is 1. The van der Waals surface area contributed by atoms with Gasteiger partial charge in [-0.1, -0.05) is 60.7 Å². The van der Waals surface area contributed by atoms with Crippen LogP contribution in [0.15, 0.2) is 95.6 Å². The van der Waals surface area contributed by atoms with Crippen molar-refractivity contribution < 1.29 is 9.21 Å². The molecule has 4 aromatic rings. The van der Waals surface area contributed by atoms with Crippen LogP contribution in [-0.4, -0.2) is 17.4 Å². The summed E-state index contributed by atoms with van der Waals surface area (Å²) in [4.78, 5) is 16.8. The Balaban J connectivity index is 1.41. The van der Waals surface area contributed by atoms with Crippen LogP contribution < -0.4 is 11.1 Å². The summed E-state index contributed by atoms with van der Waals surface area (Å²) in [5, 5.41) is 2.96. The highest BCUT2D eigenvalue weighted by Crippen LogP contribution is 2.27. The van der Waals surface area contributed by atoms with Crippen LogP contribution in [0.2, 0.25) is 0 Å². The molecule has 5 heteroatoms. The van der Waals surface area contributed by atoms with Gasteiger partial charge in [0, 0.05) is 23.7 Å². The number of hydrogen-bond donors (Lipinski definition) is 2. The predicted molar refractivity (Wildman–Crippen MR) is 118 cm³/mol. The average molecular weight is 397 g/mol. The maximum Gasteiger partial charge on any atom is 0.273 e. The lowest BCUT2D eigenvalue weighted by atomic mass is 9.88. The summed E-state index contributed by atoms with van der Waals surface area (Å²) in [6.07, 6.45) is 2.16. The zero-order chi connectivity index (χ0) is 20.8. The van der Waals surface area contributed by atoms with Crippen LogP contribution in [0.25, 0.3) is 11.5 Å². The average Bonchev–Trinajstić information content (AvgIpc) is 3.29. The van der Waals surface area contributed by atoms with Crippen molar-refractivity contribution >= 4 is 11.6 Å². The molecule has 3 N–H and O–H groups in total. The highest BCUT2D eigenvalue weighted by molar-refractivity contribution is 5.92. The van der Waals surface area contributed by atoms with Gasteiger partial charge in [0.15, 0.2) is 5.69 Å². The Hall–Kier alpha value is -3.86. The summed E-state index contributed by atoms with van der Waals surface area (Å²) in [5.74, 6) is 0.349. The van der Waals surface area contributed by atoms with Gasteiger partial charge in [-0.2, -0.15) is 0 Å². The van der Waals surface area contributed by atoms with Gasteiger partial charge in [0.05, 0.1) is 0 Å². The number of rotatable bonds is 7. The normalized spacial score (nSPS) is 10.8. The van der Waals surface area contributed by atoms with Gasteiger partial charge in [0.1, 0.15) is 6.26 Å². The lowest BCUT2D eigenvalue weighted by Crippen LogP contribution is -2.26. The van der Waals surface area contributed by atoms with Crippen molar-refractivity contribution in [2.45, 2.75) is 12.3 Å². The molecular formula is C25H23N3O2. The summed E-state index contributed by atoms with van der Waals surface area (Å²) in [7, 11) is 0. The molecule has 0 spiro atoms. The lowest BCUT2D eigenvalue weighted by molar-refractivity contribution is 0.0948. The van der Waals surface area contributed by atoms with Crippen LogP contribution in [0.5, 0.6) is 0 Å². The summed E-state index contributed by atoms with van der Waals surface area (Å²) in [5.41, 5.74) is 9.86. The van der Waals surface area contributed by atoms with Gasteiger partial charge in [-0.05, 0) is 41.8 Å². The summed E-state index contributed by atoms with van der Waals surface area (Å²) < 4.78 is 5.47. The second-order valence-electron chi connectivity index (χ2n) is 7.08. The highest BCUT2D eigenvalue weighted by Gasteiger charge is 2.16. The molecule has 0 bridgehead atoms. The second-order valence-corrected chi connectivity index (χ2v) is 7.08. The van der Waals surface area contributed by atoms with Crippen LogP contribution in [0.1, 0.15) is 34.0 Å². The molecule has 30 heavy (non-hydrogen) atoms. The molecule has 1 heterocycles. The number of nitrogen functional groups attached to an aromatic ring is 1. The third-order valence-corrected chi connectivity index (χ3v) is 5.02. The fourth-order valence-electron chi connectivity index (χ4n) is 3.45. The zero-order valence-electron chi connectivity index (χ0n) is 16.5. The second kappa shape index (κ2) is 9.09. The van der Waals surface area contributed by atoms with Crippen LogP contribution in [0.4, 0.5) is 5.69 Å². The van der Waals surface area contributed by atoms with Gasteiger partial charge in [-0.15, -0.1) is 0 Å². The number of anilines is 1. The number of amides is 1. The Morgan fingerprint density at radius 3 is 2.10 bits per heavy atom. The molecule has 0 aliphatic carbocycles. The van der Waals surface area contributed by atoms with Gasteiger partial charge in [0.25, 0.3) is 5.91 Å². The van der Waals surface area contributed by atoms with E-state index >= 15 is 0 Å². The SMILES string of the molecule is Nc1ccc(-c2nc(C(=O)NCCC(c3ccccc3)c3ccccc3)co2)cc1. The Morgan fingerprint density at radius 2 is 1.50 bits per heavy atom. The number of benzene rings is 3. The minimum atomic E-state index is -0.250. The van der Waals surface area contributed by atoms with Crippen molar-refractivity contribution in [2.75, 3.05) is 12.3 Å². The van der Waals surface area contributed by atoms with Crippen molar-refractivity contribution in [3.63, 3.8) is 0 Å². The first kappa shape index (κ1) is 19.5. The van der Waals surface area contributed by atoms with E-state index in [1.807, 2.05) is 48.5 Å². The molecule has 0 aliphatic rings. The quantitative estimate of drug-likeness (QED) is 0.436. The van der Waals surface area contributed by atoms with Crippen molar-refractivity contribution in [3.8, 4) is 11.5 Å². The fourth-order valence-corrected chi connectivity index (χ4v) is 3.45. The number of carbonyl (C=O) groups excluding carboxylic acids is 1. The maximum atomic E-state index is 12.5. The maximum absolute atomic E-state index is 12.5. The monoisotopic (exact) mass is 397 g/mol. The van der Waals surface area contributed by atoms with Crippen LogP contribution in [0, 0.1) is 0 Å². The predicted octanol–water partition coefficient (Wildman–Crippen LogP) is 4.88. The standard InChI is InChI=1S/C25H23N3O2/c26-21-13-11-20(12-14-21)25-28-23(17-30-25)24(29)27-16-15-22(18-7-3-1-4-8-18)19-9-5-2-6-10-19/h1-14,17,22H,15-16,26H2,(H,27,29). The fraction of sp³-hybridized carbons (Fsp3) is 0.120. The molecular weight excluding hydrogens is 374 g/mol. The molecule has 0 saturated heterocycles. The minimum Gasteiger partial charge on any atom is -0.444 e. The third-order valence-electron chi connectivity index (χ3n) is 5.02. The highest BCUT2D eigenvalue weighted by atomic mass is 16.3. The van der Waals surface area contributed by atoms with E-state index in [1.165, 1.54) is 17.4 Å². The molecule has 3 aromatic carbocycles. The molecule has 1 aromatic heterocycles. The van der Waals surface area contributed by atoms with Gasteiger partial charge in [-0.25, -0.2) is 4.98 Å². The van der Waals surface area contributed by atoms with E-state index in [1.54, 1.807) is 12.1 Å². The Morgan fingerprint density at radius 1 is 0.900 bits per heavy atom. The van der Waals surface area contributed by atoms with Crippen molar-refractivity contribution in [2.24, 2.45) is 0 Å². The molecule has 0 saturated carbocycles. The van der Waals surface area contributed by atoms with Gasteiger partial charge in [-0.3, -0.25) is 4.79 Å². The zero-order valence-corrected chi connectivity index (χ0v) is 16.5. The molecule has 0 atom stereocenters. The van der Waals surface area contributed by atoms with Crippen molar-refractivity contribution in [1.82, 2.24) is 10.3 Å². The Kier molecular flexibility index (Phi) is 5.90. The first-order valence-electron chi connectivity index (χ1n) is 9.90. The number of oxazole rings is 1. The molecule has 5 nitrogen and oxygen atoms in total. The molecule has 4 rings (SSSR count). The number of hydrogen-bond acceptors (Lipinski definition) is 4. The van der Waals surface area contributed by atoms with E-state index in [0.29, 0.717) is 18.1 Å². The van der Waals surface area contributed by atoms with E-state index < -0.39 is 0 Å². The topological polar surface area (TPSA) is 81.1 Å². The number of aromatic nitrogens is 1. The molecule has 0 aliphatic heterocycles. The molecule has 0 unspecified atom stereocenters. The van der Waals surface area contributed by atoms with Crippen molar-refractivity contribution in [1.29, 1.82) is 0 Å². The third kappa shape index (κ3) is 4.58. The molecule has 0 fully saturated rings. The Labute approximate surface area is 175 Å². The van der Waals surface area contributed by atoms with Gasteiger partial charge < -0.3 is 15.5 Å². The van der Waals surface area contributed by atoms with Crippen molar-refractivity contribution in [3.05, 3.63) is 108 Å². The largest absolute Gasteiger partial charge is 0.444 e. The van der Waals surface area contributed by atoms with E-state index in [-0.39, 0.29) is 17.5 Å². The minimum absolute atomic E-state index is 0.204. The van der Waals surface area contributed by atoms with Gasteiger partial charge in [0.2, 0.25) is 5.89 Å².